The highest BCUT2D eigenvalue weighted by molar-refractivity contribution is 7.89. The summed E-state index contributed by atoms with van der Waals surface area (Å²) in [6, 6.07) is 8.22. The van der Waals surface area contributed by atoms with Gasteiger partial charge in [0.2, 0.25) is 0 Å². The van der Waals surface area contributed by atoms with E-state index in [1.54, 1.807) is 0 Å². The molecule has 2 aromatic rings. The number of benzene rings is 1. The van der Waals surface area contributed by atoms with E-state index in [4.69, 9.17) is 4.74 Å². The van der Waals surface area contributed by atoms with Crippen LogP contribution in [0.3, 0.4) is 0 Å². The van der Waals surface area contributed by atoms with Crippen LogP contribution >= 0.6 is 0 Å². The van der Waals surface area contributed by atoms with Gasteiger partial charge in [0.05, 0.1) is 12.0 Å². The topological polar surface area (TPSA) is 78.3 Å². The maximum atomic E-state index is 12.1. The predicted octanol–water partition coefficient (Wildman–Crippen LogP) is 0.489. The van der Waals surface area contributed by atoms with E-state index in [-0.39, 0.29) is 4.90 Å². The SMILES string of the molecule is COc1ccc(S(=O)(=O)n2ncccc2=O)cc1. The summed E-state index contributed by atoms with van der Waals surface area (Å²) >= 11 is 0. The lowest BCUT2D eigenvalue weighted by Crippen LogP contribution is -2.28. The summed E-state index contributed by atoms with van der Waals surface area (Å²) < 4.78 is 29.6. The Morgan fingerprint density at radius 1 is 1.17 bits per heavy atom. The van der Waals surface area contributed by atoms with Crippen molar-refractivity contribution in [3.05, 3.63) is 52.9 Å². The standard InChI is InChI=1S/C11H10N2O4S/c1-17-9-4-6-10(7-5-9)18(15,16)13-11(14)3-2-8-12-13/h2-8H,1H3. The number of hydrogen-bond donors (Lipinski definition) is 0. The Morgan fingerprint density at radius 3 is 2.39 bits per heavy atom. The van der Waals surface area contributed by atoms with E-state index < -0.39 is 15.6 Å². The fraction of sp³-hybridized carbons (Fsp3) is 0.0909. The van der Waals surface area contributed by atoms with Gasteiger partial charge in [-0.1, -0.05) is 0 Å². The van der Waals surface area contributed by atoms with Gasteiger partial charge in [-0.15, -0.1) is 4.09 Å². The Bertz CT molecular complexity index is 704. The Labute approximate surface area is 104 Å². The first-order chi connectivity index (χ1) is 8.55. The van der Waals surface area contributed by atoms with Crippen LogP contribution in [0.1, 0.15) is 0 Å². The first-order valence-corrected chi connectivity index (χ1v) is 6.44. The highest BCUT2D eigenvalue weighted by Gasteiger charge is 2.18. The Balaban J connectivity index is 2.55. The minimum absolute atomic E-state index is 0.0240. The molecule has 0 N–H and O–H groups in total. The van der Waals surface area contributed by atoms with E-state index in [1.807, 2.05) is 0 Å². The van der Waals surface area contributed by atoms with Crippen LogP contribution in [0.5, 0.6) is 5.75 Å². The second kappa shape index (κ2) is 4.61. The zero-order valence-electron chi connectivity index (χ0n) is 9.48. The molecular weight excluding hydrogens is 256 g/mol. The van der Waals surface area contributed by atoms with Crippen LogP contribution in [-0.2, 0) is 10.0 Å². The van der Waals surface area contributed by atoms with Crippen molar-refractivity contribution in [2.24, 2.45) is 0 Å². The molecule has 0 aliphatic heterocycles. The van der Waals surface area contributed by atoms with E-state index >= 15 is 0 Å². The molecule has 0 bridgehead atoms. The van der Waals surface area contributed by atoms with E-state index in [0.29, 0.717) is 9.84 Å². The highest BCUT2D eigenvalue weighted by atomic mass is 32.2. The molecule has 1 aromatic heterocycles. The lowest BCUT2D eigenvalue weighted by molar-refractivity contribution is 0.414. The Morgan fingerprint density at radius 2 is 1.83 bits per heavy atom. The summed E-state index contributed by atoms with van der Waals surface area (Å²) in [5, 5.41) is 3.55. The van der Waals surface area contributed by atoms with Crippen molar-refractivity contribution in [2.75, 3.05) is 7.11 Å². The van der Waals surface area contributed by atoms with Gasteiger partial charge in [-0.2, -0.15) is 13.5 Å². The molecule has 6 nitrogen and oxygen atoms in total. The molecule has 0 unspecified atom stereocenters. The lowest BCUT2D eigenvalue weighted by Gasteiger charge is -2.06. The molecule has 0 radical (unpaired) electrons. The van der Waals surface area contributed by atoms with Crippen LogP contribution in [-0.4, -0.2) is 24.7 Å². The monoisotopic (exact) mass is 266 g/mol. The smallest absolute Gasteiger partial charge is 0.286 e. The first kappa shape index (κ1) is 12.3. The first-order valence-electron chi connectivity index (χ1n) is 5.00. The van der Waals surface area contributed by atoms with Gasteiger partial charge in [0.25, 0.3) is 15.6 Å². The molecule has 0 saturated carbocycles. The zero-order chi connectivity index (χ0) is 13.2. The maximum absolute atomic E-state index is 12.1. The molecule has 0 atom stereocenters. The molecule has 0 spiro atoms. The number of hydrogen-bond acceptors (Lipinski definition) is 5. The molecule has 2 rings (SSSR count). The number of ether oxygens (including phenoxy) is 1. The van der Waals surface area contributed by atoms with E-state index in [1.165, 1.54) is 43.6 Å². The summed E-state index contributed by atoms with van der Waals surface area (Å²) in [5.41, 5.74) is -0.701. The molecule has 0 saturated heterocycles. The maximum Gasteiger partial charge on any atom is 0.286 e. The van der Waals surface area contributed by atoms with Crippen LogP contribution in [0.25, 0.3) is 0 Å². The van der Waals surface area contributed by atoms with Gasteiger partial charge < -0.3 is 4.74 Å². The Hall–Kier alpha value is -2.15. The van der Waals surface area contributed by atoms with E-state index in [2.05, 4.69) is 5.10 Å². The molecular formula is C11H10N2O4S. The van der Waals surface area contributed by atoms with Gasteiger partial charge in [0.1, 0.15) is 5.75 Å². The van der Waals surface area contributed by atoms with Gasteiger partial charge >= 0.3 is 0 Å². The molecule has 0 fully saturated rings. The van der Waals surface area contributed by atoms with E-state index in [0.717, 1.165) is 6.07 Å². The fourth-order valence-electron chi connectivity index (χ4n) is 1.37. The molecule has 0 amide bonds. The van der Waals surface area contributed by atoms with Crippen molar-refractivity contribution in [1.82, 2.24) is 9.19 Å². The summed E-state index contributed by atoms with van der Waals surface area (Å²) in [7, 11) is -2.48. The largest absolute Gasteiger partial charge is 0.497 e. The molecule has 7 heteroatoms. The second-order valence-electron chi connectivity index (χ2n) is 3.39. The van der Waals surface area contributed by atoms with Crippen molar-refractivity contribution >= 4 is 10.0 Å². The van der Waals surface area contributed by atoms with Crippen molar-refractivity contribution in [2.45, 2.75) is 4.90 Å². The van der Waals surface area contributed by atoms with Gasteiger partial charge in [-0.05, 0) is 30.3 Å². The van der Waals surface area contributed by atoms with Crippen LogP contribution in [0.4, 0.5) is 0 Å². The third-order valence-electron chi connectivity index (χ3n) is 2.27. The van der Waals surface area contributed by atoms with Gasteiger partial charge in [-0.3, -0.25) is 4.79 Å². The molecule has 1 heterocycles. The lowest BCUT2D eigenvalue weighted by atomic mass is 10.3. The number of methoxy groups -OCH3 is 1. The molecule has 18 heavy (non-hydrogen) atoms. The normalized spacial score (nSPS) is 11.2. The highest BCUT2D eigenvalue weighted by Crippen LogP contribution is 2.16. The zero-order valence-corrected chi connectivity index (χ0v) is 10.3. The van der Waals surface area contributed by atoms with Crippen LogP contribution in [0.2, 0.25) is 0 Å². The fourth-order valence-corrected chi connectivity index (χ4v) is 2.53. The quantitative estimate of drug-likeness (QED) is 0.807. The minimum atomic E-state index is -3.96. The van der Waals surface area contributed by atoms with Crippen molar-refractivity contribution in [3.8, 4) is 5.75 Å². The molecule has 0 aliphatic carbocycles. The molecule has 0 aliphatic rings. The minimum Gasteiger partial charge on any atom is -0.497 e. The van der Waals surface area contributed by atoms with Crippen molar-refractivity contribution in [3.63, 3.8) is 0 Å². The summed E-state index contributed by atoms with van der Waals surface area (Å²) in [6.07, 6.45) is 1.24. The van der Waals surface area contributed by atoms with Gasteiger partial charge in [-0.25, -0.2) is 0 Å². The van der Waals surface area contributed by atoms with Crippen LogP contribution in [0.15, 0.2) is 52.3 Å². The molecule has 94 valence electrons. The number of rotatable bonds is 3. The van der Waals surface area contributed by atoms with Crippen LogP contribution in [0, 0.1) is 0 Å². The third kappa shape index (κ3) is 2.12. The molecule has 1 aromatic carbocycles. The average Bonchev–Trinajstić information content (AvgIpc) is 2.39. The summed E-state index contributed by atoms with van der Waals surface area (Å²) in [6.45, 7) is 0. The second-order valence-corrected chi connectivity index (χ2v) is 5.15. The van der Waals surface area contributed by atoms with Crippen molar-refractivity contribution in [1.29, 1.82) is 0 Å². The third-order valence-corrected chi connectivity index (χ3v) is 3.87. The summed E-state index contributed by atoms with van der Waals surface area (Å²) in [5.74, 6) is 0.530. The summed E-state index contributed by atoms with van der Waals surface area (Å²) in [4.78, 5) is 11.4. The van der Waals surface area contributed by atoms with Crippen LogP contribution < -0.4 is 10.3 Å². The predicted molar refractivity (Wildman–Crippen MR) is 64.1 cm³/mol. The number of nitrogens with zero attached hydrogens (tertiary/aromatic N) is 2. The van der Waals surface area contributed by atoms with Gasteiger partial charge in [0.15, 0.2) is 0 Å². The van der Waals surface area contributed by atoms with Gasteiger partial charge in [0, 0.05) is 12.3 Å². The number of aromatic nitrogens is 2. The Kier molecular flexibility index (Phi) is 3.15. The average molecular weight is 266 g/mol. The van der Waals surface area contributed by atoms with E-state index in [9.17, 15) is 13.2 Å². The van der Waals surface area contributed by atoms with Crippen molar-refractivity contribution < 1.29 is 13.2 Å².